The molecule has 1 heterocycles. The van der Waals surface area contributed by atoms with Crippen molar-refractivity contribution in [2.45, 2.75) is 19.5 Å². The molecule has 0 fully saturated rings. The number of nitrogens with two attached hydrogens (primary N) is 1. The van der Waals surface area contributed by atoms with Crippen molar-refractivity contribution in [3.63, 3.8) is 0 Å². The summed E-state index contributed by atoms with van der Waals surface area (Å²) in [6.07, 6.45) is -2.50. The fourth-order valence-electron chi connectivity index (χ4n) is 2.96. The summed E-state index contributed by atoms with van der Waals surface area (Å²) in [5, 5.41) is 0.901. The molecule has 0 bridgehead atoms. The number of nitrogen functional groups attached to an aromatic ring is 1. The van der Waals surface area contributed by atoms with Crippen molar-refractivity contribution in [2.75, 3.05) is 12.8 Å². The number of para-hydroxylation sites is 1. The number of methoxy groups -OCH3 is 1. The maximum Gasteiger partial charge on any atom is 0.418 e. The summed E-state index contributed by atoms with van der Waals surface area (Å²) in [6.45, 7) is 1.64. The number of aromatic nitrogens is 1. The van der Waals surface area contributed by atoms with E-state index in [0.717, 1.165) is 28.6 Å². The van der Waals surface area contributed by atoms with Crippen LogP contribution in [0, 0.1) is 5.92 Å². The second-order valence-corrected chi connectivity index (χ2v) is 6.47. The Bertz CT molecular complexity index is 1010. The van der Waals surface area contributed by atoms with Crippen LogP contribution in [-0.4, -0.2) is 18.1 Å². The first kappa shape index (κ1) is 19.6. The van der Waals surface area contributed by atoms with Gasteiger partial charge < -0.3 is 20.2 Å². The molecule has 8 heteroatoms. The Morgan fingerprint density at radius 2 is 2.00 bits per heavy atom. The van der Waals surface area contributed by atoms with Gasteiger partial charge in [0, 0.05) is 17.1 Å². The van der Waals surface area contributed by atoms with Gasteiger partial charge in [0.05, 0.1) is 24.3 Å². The fraction of sp³-hybridized carbons (Fsp3) is 0.250. The lowest BCUT2D eigenvalue weighted by Gasteiger charge is -2.15. The van der Waals surface area contributed by atoms with Crippen LogP contribution < -0.4 is 15.2 Å². The highest BCUT2D eigenvalue weighted by molar-refractivity contribution is 5.85. The zero-order valence-electron chi connectivity index (χ0n) is 15.3. The van der Waals surface area contributed by atoms with E-state index in [1.807, 2.05) is 18.2 Å². The highest BCUT2D eigenvalue weighted by Gasteiger charge is 2.34. The number of benzene rings is 2. The van der Waals surface area contributed by atoms with Gasteiger partial charge in [-0.2, -0.15) is 13.2 Å². The van der Waals surface area contributed by atoms with Crippen LogP contribution >= 0.6 is 0 Å². The Morgan fingerprint density at radius 1 is 1.25 bits per heavy atom. The number of aromatic amines is 1. The van der Waals surface area contributed by atoms with E-state index in [4.69, 9.17) is 15.2 Å². The zero-order valence-corrected chi connectivity index (χ0v) is 15.3. The fourth-order valence-corrected chi connectivity index (χ4v) is 2.96. The van der Waals surface area contributed by atoms with E-state index >= 15 is 0 Å². The maximum absolute atomic E-state index is 13.0. The van der Waals surface area contributed by atoms with Crippen molar-refractivity contribution in [3.05, 3.63) is 53.7 Å². The number of alkyl halides is 3. The van der Waals surface area contributed by atoms with Crippen LogP contribution in [0.4, 0.5) is 18.9 Å². The molecule has 3 rings (SSSR count). The van der Waals surface area contributed by atoms with Gasteiger partial charge in [0.1, 0.15) is 5.75 Å². The molecule has 0 saturated heterocycles. The molecule has 2 aromatic carbocycles. The highest BCUT2D eigenvalue weighted by atomic mass is 19.4. The van der Waals surface area contributed by atoms with Crippen molar-refractivity contribution in [1.29, 1.82) is 0 Å². The number of rotatable bonds is 5. The van der Waals surface area contributed by atoms with Crippen molar-refractivity contribution in [3.8, 4) is 11.5 Å². The number of halogens is 3. The number of anilines is 1. The van der Waals surface area contributed by atoms with E-state index < -0.39 is 29.3 Å². The van der Waals surface area contributed by atoms with E-state index in [-0.39, 0.29) is 5.75 Å². The number of nitrogens with one attached hydrogen (secondary N) is 1. The summed E-state index contributed by atoms with van der Waals surface area (Å²) >= 11 is 0. The average Bonchev–Trinajstić information content (AvgIpc) is 3.04. The van der Waals surface area contributed by atoms with Gasteiger partial charge in [-0.3, -0.25) is 4.79 Å². The minimum absolute atomic E-state index is 0.299. The number of hydrogen-bond acceptors (Lipinski definition) is 4. The van der Waals surface area contributed by atoms with Gasteiger partial charge in [-0.05, 0) is 42.3 Å². The van der Waals surface area contributed by atoms with E-state index in [1.165, 1.54) is 6.07 Å². The largest absolute Gasteiger partial charge is 0.497 e. The van der Waals surface area contributed by atoms with Crippen LogP contribution in [0.3, 0.4) is 0 Å². The molecule has 3 aromatic rings. The first-order valence-corrected chi connectivity index (χ1v) is 8.52. The van der Waals surface area contributed by atoms with Gasteiger partial charge in [0.2, 0.25) is 0 Å². The van der Waals surface area contributed by atoms with Crippen LogP contribution in [0.5, 0.6) is 11.5 Å². The molecule has 148 valence electrons. The molecule has 1 aromatic heterocycles. The number of carbonyl (C=O) groups is 1. The van der Waals surface area contributed by atoms with E-state index in [2.05, 4.69) is 4.98 Å². The van der Waals surface area contributed by atoms with Gasteiger partial charge in [-0.1, -0.05) is 13.0 Å². The van der Waals surface area contributed by atoms with Crippen LogP contribution in [-0.2, 0) is 17.4 Å². The van der Waals surface area contributed by atoms with Gasteiger partial charge >= 0.3 is 12.1 Å². The van der Waals surface area contributed by atoms with Crippen molar-refractivity contribution in [2.24, 2.45) is 5.92 Å². The van der Waals surface area contributed by atoms with Crippen molar-refractivity contribution in [1.82, 2.24) is 4.98 Å². The minimum Gasteiger partial charge on any atom is -0.497 e. The number of H-pyrrole nitrogens is 1. The summed E-state index contributed by atoms with van der Waals surface area (Å²) in [7, 11) is 1.56. The molecular formula is C20H19F3N2O3. The molecule has 0 aliphatic rings. The first-order valence-electron chi connectivity index (χ1n) is 8.52. The molecule has 3 N–H and O–H groups in total. The van der Waals surface area contributed by atoms with Crippen LogP contribution in [0.25, 0.3) is 10.9 Å². The second-order valence-electron chi connectivity index (χ2n) is 6.47. The maximum atomic E-state index is 13.0. The third kappa shape index (κ3) is 3.90. The number of fused-ring (bicyclic) bond motifs is 1. The molecule has 5 nitrogen and oxygen atoms in total. The van der Waals surface area contributed by atoms with E-state index in [1.54, 1.807) is 20.2 Å². The smallest absolute Gasteiger partial charge is 0.418 e. The average molecular weight is 392 g/mol. The minimum atomic E-state index is -4.62. The molecule has 0 aliphatic carbocycles. The molecule has 0 saturated carbocycles. The topological polar surface area (TPSA) is 77.3 Å². The highest BCUT2D eigenvalue weighted by Crippen LogP contribution is 2.38. The second kappa shape index (κ2) is 7.46. The van der Waals surface area contributed by atoms with Crippen LogP contribution in [0.1, 0.15) is 18.1 Å². The Hall–Kier alpha value is -3.16. The summed E-state index contributed by atoms with van der Waals surface area (Å²) < 4.78 is 49.2. The Balaban J connectivity index is 1.78. The number of hydrogen-bond donors (Lipinski definition) is 2. The molecular weight excluding hydrogens is 373 g/mol. The van der Waals surface area contributed by atoms with Crippen molar-refractivity contribution >= 4 is 22.6 Å². The molecule has 1 atom stereocenters. The van der Waals surface area contributed by atoms with E-state index in [0.29, 0.717) is 12.2 Å². The lowest BCUT2D eigenvalue weighted by Crippen LogP contribution is -2.21. The number of ether oxygens (including phenoxy) is 2. The Morgan fingerprint density at radius 3 is 2.68 bits per heavy atom. The summed E-state index contributed by atoms with van der Waals surface area (Å²) in [5.41, 5.74) is 5.66. The molecule has 0 spiro atoms. The van der Waals surface area contributed by atoms with Crippen LogP contribution in [0.15, 0.2) is 42.6 Å². The zero-order chi connectivity index (χ0) is 20.5. The van der Waals surface area contributed by atoms with Gasteiger partial charge in [-0.15, -0.1) is 0 Å². The lowest BCUT2D eigenvalue weighted by atomic mass is 10.0. The summed E-state index contributed by atoms with van der Waals surface area (Å²) in [6, 6.07) is 8.77. The first-order chi connectivity index (χ1) is 13.2. The molecule has 0 radical (unpaired) electrons. The third-order valence-electron chi connectivity index (χ3n) is 4.49. The molecule has 28 heavy (non-hydrogen) atoms. The van der Waals surface area contributed by atoms with Gasteiger partial charge in [0.25, 0.3) is 0 Å². The lowest BCUT2D eigenvalue weighted by molar-refractivity contribution is -0.140. The quantitative estimate of drug-likeness (QED) is 0.379. The number of esters is 1. The Labute approximate surface area is 159 Å². The van der Waals surface area contributed by atoms with E-state index in [9.17, 15) is 18.0 Å². The summed E-state index contributed by atoms with van der Waals surface area (Å²) in [4.78, 5) is 15.5. The predicted molar refractivity (Wildman–Crippen MR) is 99.2 cm³/mol. The normalized spacial score (nSPS) is 12.8. The van der Waals surface area contributed by atoms with Gasteiger partial charge in [0.15, 0.2) is 5.75 Å². The van der Waals surface area contributed by atoms with Crippen LogP contribution in [0.2, 0.25) is 0 Å². The SMILES string of the molecule is COc1ccc2[nH]cc(CC(C)C(=O)Oc3cccc(C(F)(F)F)c3N)c2c1. The Kier molecular flexibility index (Phi) is 5.22. The molecule has 0 aliphatic heterocycles. The number of carbonyl (C=O) groups excluding carboxylic acids is 1. The van der Waals surface area contributed by atoms with Gasteiger partial charge in [-0.25, -0.2) is 0 Å². The predicted octanol–water partition coefficient (Wildman–Crippen LogP) is 4.56. The molecule has 1 unspecified atom stereocenters. The third-order valence-corrected chi connectivity index (χ3v) is 4.49. The summed E-state index contributed by atoms with van der Waals surface area (Å²) in [5.74, 6) is -0.880. The standard InChI is InChI=1S/C20H19F3N2O3/c1-11(8-12-10-25-16-7-6-13(27-2)9-14(12)16)19(26)28-17-5-3-4-15(18(17)24)20(21,22)23/h3-7,9-11,25H,8,24H2,1-2H3. The van der Waals surface area contributed by atoms with Crippen molar-refractivity contribution < 1.29 is 27.4 Å². The monoisotopic (exact) mass is 392 g/mol. The molecule has 0 amide bonds.